The standard InChI is InChI=1S/C21H21N5O/c1-14-11-19(22-20-17(14)13-25(2)24-20)16-12-15-5-3-4-6-18(15)23-21(16)26-7-9-27-10-8-26/h3-6,11-13H,7-10H2,1-2H3. The number of anilines is 1. The van der Waals surface area contributed by atoms with Gasteiger partial charge in [-0.25, -0.2) is 9.97 Å². The summed E-state index contributed by atoms with van der Waals surface area (Å²) in [4.78, 5) is 12.2. The van der Waals surface area contributed by atoms with E-state index in [-0.39, 0.29) is 0 Å². The van der Waals surface area contributed by atoms with Crippen molar-refractivity contribution in [2.45, 2.75) is 6.92 Å². The monoisotopic (exact) mass is 359 g/mol. The van der Waals surface area contributed by atoms with Crippen molar-refractivity contribution in [2.75, 3.05) is 31.2 Å². The van der Waals surface area contributed by atoms with Crippen LogP contribution in [0.4, 0.5) is 5.82 Å². The molecule has 0 saturated carbocycles. The minimum Gasteiger partial charge on any atom is -0.378 e. The molecule has 1 aromatic carbocycles. The number of nitrogens with zero attached hydrogens (tertiary/aromatic N) is 5. The number of pyridine rings is 2. The number of benzene rings is 1. The molecule has 27 heavy (non-hydrogen) atoms. The average molecular weight is 359 g/mol. The van der Waals surface area contributed by atoms with Crippen molar-refractivity contribution in [1.82, 2.24) is 19.7 Å². The molecule has 4 heterocycles. The molecular weight excluding hydrogens is 338 g/mol. The third-order valence-electron chi connectivity index (χ3n) is 5.10. The van der Waals surface area contributed by atoms with Gasteiger partial charge in [0.1, 0.15) is 5.82 Å². The van der Waals surface area contributed by atoms with E-state index in [4.69, 9.17) is 14.7 Å². The molecule has 1 fully saturated rings. The molecule has 0 aliphatic carbocycles. The predicted molar refractivity (Wildman–Crippen MR) is 107 cm³/mol. The summed E-state index contributed by atoms with van der Waals surface area (Å²) in [5, 5.41) is 6.72. The molecule has 0 unspecified atom stereocenters. The average Bonchev–Trinajstić information content (AvgIpc) is 3.08. The first kappa shape index (κ1) is 16.2. The summed E-state index contributed by atoms with van der Waals surface area (Å²) in [5.74, 6) is 0.971. The second-order valence-electron chi connectivity index (χ2n) is 7.02. The van der Waals surface area contributed by atoms with Crippen LogP contribution in [0.1, 0.15) is 5.56 Å². The van der Waals surface area contributed by atoms with Crippen molar-refractivity contribution in [1.29, 1.82) is 0 Å². The smallest absolute Gasteiger partial charge is 0.181 e. The van der Waals surface area contributed by atoms with Crippen molar-refractivity contribution < 1.29 is 4.74 Å². The molecule has 1 saturated heterocycles. The van der Waals surface area contributed by atoms with Gasteiger partial charge >= 0.3 is 0 Å². The minimum atomic E-state index is 0.722. The Hall–Kier alpha value is -2.99. The van der Waals surface area contributed by atoms with Crippen molar-refractivity contribution in [3.05, 3.63) is 48.2 Å². The van der Waals surface area contributed by atoms with Gasteiger partial charge in [0.25, 0.3) is 0 Å². The summed E-state index contributed by atoms with van der Waals surface area (Å²) >= 11 is 0. The fourth-order valence-electron chi connectivity index (χ4n) is 3.72. The zero-order valence-electron chi connectivity index (χ0n) is 15.5. The van der Waals surface area contributed by atoms with E-state index in [2.05, 4.69) is 41.2 Å². The molecule has 6 nitrogen and oxygen atoms in total. The molecule has 1 aliphatic heterocycles. The maximum Gasteiger partial charge on any atom is 0.181 e. The normalized spacial score (nSPS) is 15.0. The van der Waals surface area contributed by atoms with Gasteiger partial charge in [0.05, 0.1) is 24.4 Å². The molecular formula is C21H21N5O. The number of hydrogen-bond acceptors (Lipinski definition) is 5. The molecule has 1 aliphatic rings. The van der Waals surface area contributed by atoms with Gasteiger partial charge in [-0.2, -0.15) is 5.10 Å². The topological polar surface area (TPSA) is 56.1 Å². The summed E-state index contributed by atoms with van der Waals surface area (Å²) in [6.07, 6.45) is 2.02. The Bertz CT molecular complexity index is 1140. The van der Waals surface area contributed by atoms with Gasteiger partial charge in [0.15, 0.2) is 5.65 Å². The lowest BCUT2D eigenvalue weighted by atomic mass is 10.1. The number of ether oxygens (including phenoxy) is 1. The van der Waals surface area contributed by atoms with Gasteiger partial charge in [-0.3, -0.25) is 4.68 Å². The van der Waals surface area contributed by atoms with Crippen molar-refractivity contribution in [2.24, 2.45) is 7.05 Å². The maximum absolute atomic E-state index is 5.54. The third kappa shape index (κ3) is 2.82. The molecule has 3 aromatic heterocycles. The predicted octanol–water partition coefficient (Wildman–Crippen LogP) is 3.33. The van der Waals surface area contributed by atoms with Crippen LogP contribution in [-0.4, -0.2) is 46.1 Å². The summed E-state index contributed by atoms with van der Waals surface area (Å²) in [6.45, 7) is 5.23. The highest BCUT2D eigenvalue weighted by Crippen LogP contribution is 2.33. The van der Waals surface area contributed by atoms with E-state index < -0.39 is 0 Å². The van der Waals surface area contributed by atoms with E-state index in [1.54, 1.807) is 0 Å². The Morgan fingerprint density at radius 2 is 1.85 bits per heavy atom. The van der Waals surface area contributed by atoms with Crippen LogP contribution >= 0.6 is 0 Å². The molecule has 6 heteroatoms. The lowest BCUT2D eigenvalue weighted by Gasteiger charge is -2.29. The fourth-order valence-corrected chi connectivity index (χ4v) is 3.72. The number of fused-ring (bicyclic) bond motifs is 2. The number of aryl methyl sites for hydroxylation is 2. The van der Waals surface area contributed by atoms with Gasteiger partial charge in [-0.15, -0.1) is 0 Å². The van der Waals surface area contributed by atoms with E-state index in [0.717, 1.165) is 65.3 Å². The lowest BCUT2D eigenvalue weighted by Crippen LogP contribution is -2.37. The van der Waals surface area contributed by atoms with Gasteiger partial charge < -0.3 is 9.64 Å². The Morgan fingerprint density at radius 3 is 2.70 bits per heavy atom. The molecule has 4 aromatic rings. The number of rotatable bonds is 2. The minimum absolute atomic E-state index is 0.722. The van der Waals surface area contributed by atoms with Gasteiger partial charge in [0.2, 0.25) is 0 Å². The van der Waals surface area contributed by atoms with E-state index >= 15 is 0 Å². The van der Waals surface area contributed by atoms with E-state index in [0.29, 0.717) is 0 Å². The summed E-state index contributed by atoms with van der Waals surface area (Å²) < 4.78 is 7.35. The summed E-state index contributed by atoms with van der Waals surface area (Å²) in [6, 6.07) is 12.6. The lowest BCUT2D eigenvalue weighted by molar-refractivity contribution is 0.122. The van der Waals surface area contributed by atoms with Crippen molar-refractivity contribution in [3.63, 3.8) is 0 Å². The highest BCUT2D eigenvalue weighted by molar-refractivity contribution is 5.91. The number of para-hydroxylation sites is 1. The molecule has 0 atom stereocenters. The zero-order chi connectivity index (χ0) is 18.4. The molecule has 0 radical (unpaired) electrons. The Labute approximate surface area is 157 Å². The van der Waals surface area contributed by atoms with Gasteiger partial charge in [-0.05, 0) is 30.7 Å². The SMILES string of the molecule is Cc1cc(-c2cc3ccccc3nc2N2CCOCC2)nc2nn(C)cc12. The quantitative estimate of drug-likeness (QED) is 0.549. The molecule has 0 bridgehead atoms. The number of morpholine rings is 1. The maximum atomic E-state index is 5.54. The summed E-state index contributed by atoms with van der Waals surface area (Å²) in [5.41, 5.74) is 4.90. The van der Waals surface area contributed by atoms with Gasteiger partial charge in [0, 0.05) is 42.7 Å². The van der Waals surface area contributed by atoms with Crippen LogP contribution in [0, 0.1) is 6.92 Å². The number of aromatic nitrogens is 4. The van der Waals surface area contributed by atoms with Crippen LogP contribution in [0.15, 0.2) is 42.6 Å². The van der Waals surface area contributed by atoms with Crippen LogP contribution in [0.3, 0.4) is 0 Å². The van der Waals surface area contributed by atoms with Crippen LogP contribution in [-0.2, 0) is 11.8 Å². The first-order valence-corrected chi connectivity index (χ1v) is 9.23. The van der Waals surface area contributed by atoms with E-state index in [1.165, 1.54) is 5.56 Å². The fraction of sp³-hybridized carbons (Fsp3) is 0.286. The second-order valence-corrected chi connectivity index (χ2v) is 7.02. The van der Waals surface area contributed by atoms with Crippen molar-refractivity contribution in [3.8, 4) is 11.3 Å². The van der Waals surface area contributed by atoms with Crippen LogP contribution < -0.4 is 4.90 Å². The van der Waals surface area contributed by atoms with Crippen LogP contribution in [0.25, 0.3) is 33.2 Å². The Morgan fingerprint density at radius 1 is 1.04 bits per heavy atom. The number of hydrogen-bond donors (Lipinski definition) is 0. The van der Waals surface area contributed by atoms with Gasteiger partial charge in [-0.1, -0.05) is 18.2 Å². The van der Waals surface area contributed by atoms with Crippen LogP contribution in [0.5, 0.6) is 0 Å². The molecule has 5 rings (SSSR count). The zero-order valence-corrected chi connectivity index (χ0v) is 15.5. The van der Waals surface area contributed by atoms with Crippen molar-refractivity contribution >= 4 is 27.8 Å². The molecule has 0 amide bonds. The van der Waals surface area contributed by atoms with E-state index in [9.17, 15) is 0 Å². The Balaban J connectivity index is 1.75. The first-order chi connectivity index (χ1) is 13.2. The largest absolute Gasteiger partial charge is 0.378 e. The molecule has 136 valence electrons. The Kier molecular flexibility index (Phi) is 3.79. The second kappa shape index (κ2) is 6.32. The highest BCUT2D eigenvalue weighted by atomic mass is 16.5. The van der Waals surface area contributed by atoms with Crippen LogP contribution in [0.2, 0.25) is 0 Å². The van der Waals surface area contributed by atoms with E-state index in [1.807, 2.05) is 30.1 Å². The summed E-state index contributed by atoms with van der Waals surface area (Å²) in [7, 11) is 1.93. The molecule has 0 N–H and O–H groups in total. The third-order valence-corrected chi connectivity index (χ3v) is 5.10. The highest BCUT2D eigenvalue weighted by Gasteiger charge is 2.20. The first-order valence-electron chi connectivity index (χ1n) is 9.23. The molecule has 0 spiro atoms.